The first-order valence-electron chi connectivity index (χ1n) is 6.28. The Balaban J connectivity index is 2.43. The third kappa shape index (κ3) is 2.56. The predicted octanol–water partition coefficient (Wildman–Crippen LogP) is 4.67. The fraction of sp³-hybridized carbons (Fsp3) is 0.294. The zero-order chi connectivity index (χ0) is 13.3. The van der Waals surface area contributed by atoms with E-state index < -0.39 is 0 Å². The van der Waals surface area contributed by atoms with Gasteiger partial charge in [0, 0.05) is 0 Å². The Morgan fingerprint density at radius 2 is 1.39 bits per heavy atom. The highest BCUT2D eigenvalue weighted by Crippen LogP contribution is 2.30. The zero-order valence-electron chi connectivity index (χ0n) is 11.5. The summed E-state index contributed by atoms with van der Waals surface area (Å²) in [5.74, 6) is 0.307. The Morgan fingerprint density at radius 3 is 1.89 bits per heavy atom. The second-order valence-corrected chi connectivity index (χ2v) is 5.83. The van der Waals surface area contributed by atoms with Gasteiger partial charge in [-0.1, -0.05) is 51.1 Å². The van der Waals surface area contributed by atoms with Crippen molar-refractivity contribution in [1.29, 1.82) is 0 Å². The molecule has 0 spiro atoms. The molecular formula is C17H20O. The number of aromatic hydroxyl groups is 1. The summed E-state index contributed by atoms with van der Waals surface area (Å²) in [6.07, 6.45) is 0. The highest BCUT2D eigenvalue weighted by Gasteiger charge is 2.16. The van der Waals surface area contributed by atoms with E-state index in [0.717, 1.165) is 5.56 Å². The Morgan fingerprint density at radius 1 is 0.833 bits per heavy atom. The van der Waals surface area contributed by atoms with Crippen LogP contribution in [0.4, 0.5) is 0 Å². The second-order valence-electron chi connectivity index (χ2n) is 5.83. The monoisotopic (exact) mass is 240 g/mol. The van der Waals surface area contributed by atoms with Crippen LogP contribution < -0.4 is 0 Å². The van der Waals surface area contributed by atoms with Crippen molar-refractivity contribution in [1.82, 2.24) is 0 Å². The van der Waals surface area contributed by atoms with Crippen LogP contribution in [0, 0.1) is 6.92 Å². The quantitative estimate of drug-likeness (QED) is 0.768. The molecule has 0 aliphatic heterocycles. The molecule has 2 aromatic rings. The molecule has 0 atom stereocenters. The van der Waals surface area contributed by atoms with Crippen molar-refractivity contribution in [3.8, 4) is 16.9 Å². The number of hydrogen-bond acceptors (Lipinski definition) is 1. The van der Waals surface area contributed by atoms with E-state index in [1.54, 1.807) is 12.1 Å². The largest absolute Gasteiger partial charge is 0.508 e. The molecule has 0 aliphatic carbocycles. The summed E-state index contributed by atoms with van der Waals surface area (Å²) in [7, 11) is 0. The minimum atomic E-state index is 0.178. The summed E-state index contributed by atoms with van der Waals surface area (Å²) in [6.45, 7) is 8.85. The number of phenols is 1. The second kappa shape index (κ2) is 4.49. The van der Waals surface area contributed by atoms with Crippen LogP contribution in [0.2, 0.25) is 0 Å². The summed E-state index contributed by atoms with van der Waals surface area (Å²) in [5, 5.41) is 9.31. The van der Waals surface area contributed by atoms with Gasteiger partial charge in [-0.05, 0) is 46.7 Å². The molecule has 0 saturated carbocycles. The molecule has 1 N–H and O–H groups in total. The lowest BCUT2D eigenvalue weighted by Crippen LogP contribution is -2.12. The molecule has 0 bridgehead atoms. The highest BCUT2D eigenvalue weighted by atomic mass is 16.3. The van der Waals surface area contributed by atoms with Gasteiger partial charge in [-0.2, -0.15) is 0 Å². The molecule has 0 unspecified atom stereocenters. The Bertz CT molecular complexity index is 545. The maximum absolute atomic E-state index is 9.31. The first-order valence-corrected chi connectivity index (χ1v) is 6.28. The van der Waals surface area contributed by atoms with Crippen LogP contribution in [0.5, 0.6) is 5.75 Å². The SMILES string of the molecule is Cc1cc(-c2ccc(O)cc2)ccc1C(C)(C)C. The van der Waals surface area contributed by atoms with Crippen LogP contribution >= 0.6 is 0 Å². The molecule has 2 rings (SSSR count). The van der Waals surface area contributed by atoms with E-state index in [4.69, 9.17) is 0 Å². The molecule has 2 aromatic carbocycles. The van der Waals surface area contributed by atoms with Crippen molar-refractivity contribution in [2.75, 3.05) is 0 Å². The zero-order valence-corrected chi connectivity index (χ0v) is 11.5. The number of benzene rings is 2. The van der Waals surface area contributed by atoms with Crippen molar-refractivity contribution in [2.24, 2.45) is 0 Å². The summed E-state index contributed by atoms with van der Waals surface area (Å²) in [4.78, 5) is 0. The van der Waals surface area contributed by atoms with Crippen molar-refractivity contribution in [2.45, 2.75) is 33.1 Å². The lowest BCUT2D eigenvalue weighted by molar-refractivity contribution is 0.475. The van der Waals surface area contributed by atoms with Crippen molar-refractivity contribution in [3.63, 3.8) is 0 Å². The van der Waals surface area contributed by atoms with E-state index in [2.05, 4.69) is 45.9 Å². The lowest BCUT2D eigenvalue weighted by atomic mass is 9.83. The van der Waals surface area contributed by atoms with Gasteiger partial charge in [-0.15, -0.1) is 0 Å². The molecule has 1 nitrogen and oxygen atoms in total. The summed E-state index contributed by atoms with van der Waals surface area (Å²) >= 11 is 0. The molecule has 1 heteroatoms. The van der Waals surface area contributed by atoms with Gasteiger partial charge in [0.05, 0.1) is 0 Å². The van der Waals surface area contributed by atoms with E-state index in [0.29, 0.717) is 5.75 Å². The number of aryl methyl sites for hydroxylation is 1. The standard InChI is InChI=1S/C17H20O/c1-12-11-14(7-10-16(12)17(2,3)4)13-5-8-15(18)9-6-13/h5-11,18H,1-4H3. The average Bonchev–Trinajstić information content (AvgIpc) is 2.28. The normalized spacial score (nSPS) is 11.6. The van der Waals surface area contributed by atoms with Crippen molar-refractivity contribution in [3.05, 3.63) is 53.6 Å². The van der Waals surface area contributed by atoms with E-state index in [1.165, 1.54) is 16.7 Å². The molecule has 94 valence electrons. The Hall–Kier alpha value is -1.76. The molecule has 0 amide bonds. The van der Waals surface area contributed by atoms with Crippen molar-refractivity contribution < 1.29 is 5.11 Å². The lowest BCUT2D eigenvalue weighted by Gasteiger charge is -2.22. The van der Waals surface area contributed by atoms with E-state index in [9.17, 15) is 5.11 Å². The molecule has 18 heavy (non-hydrogen) atoms. The van der Waals surface area contributed by atoms with Crippen molar-refractivity contribution >= 4 is 0 Å². The summed E-state index contributed by atoms with van der Waals surface area (Å²) in [5.41, 5.74) is 5.20. The Kier molecular flexibility index (Phi) is 3.16. The fourth-order valence-electron chi connectivity index (χ4n) is 2.34. The first kappa shape index (κ1) is 12.7. The molecule has 0 radical (unpaired) electrons. The van der Waals surface area contributed by atoms with Crippen LogP contribution in [0.15, 0.2) is 42.5 Å². The smallest absolute Gasteiger partial charge is 0.115 e. The van der Waals surface area contributed by atoms with Gasteiger partial charge in [0.2, 0.25) is 0 Å². The van der Waals surface area contributed by atoms with Gasteiger partial charge in [0.1, 0.15) is 5.75 Å². The van der Waals surface area contributed by atoms with Gasteiger partial charge in [0.15, 0.2) is 0 Å². The number of phenolic OH excluding ortho intramolecular Hbond substituents is 1. The van der Waals surface area contributed by atoms with Crippen LogP contribution in [0.3, 0.4) is 0 Å². The van der Waals surface area contributed by atoms with Crippen LogP contribution in [-0.2, 0) is 5.41 Å². The minimum Gasteiger partial charge on any atom is -0.508 e. The maximum Gasteiger partial charge on any atom is 0.115 e. The van der Waals surface area contributed by atoms with Gasteiger partial charge in [0.25, 0.3) is 0 Å². The molecule has 0 saturated heterocycles. The van der Waals surface area contributed by atoms with E-state index in [1.807, 2.05) is 12.1 Å². The summed E-state index contributed by atoms with van der Waals surface area (Å²) < 4.78 is 0. The Labute approximate surface area is 109 Å². The molecule has 0 fully saturated rings. The van der Waals surface area contributed by atoms with Crippen LogP contribution in [-0.4, -0.2) is 5.11 Å². The van der Waals surface area contributed by atoms with Gasteiger partial charge in [-0.25, -0.2) is 0 Å². The third-order valence-corrected chi connectivity index (χ3v) is 3.24. The number of rotatable bonds is 1. The first-order chi connectivity index (χ1) is 8.38. The van der Waals surface area contributed by atoms with Crippen LogP contribution in [0.1, 0.15) is 31.9 Å². The molecular weight excluding hydrogens is 220 g/mol. The average molecular weight is 240 g/mol. The topological polar surface area (TPSA) is 20.2 Å². The third-order valence-electron chi connectivity index (χ3n) is 3.24. The summed E-state index contributed by atoms with van der Waals surface area (Å²) in [6, 6.07) is 13.9. The molecule has 0 heterocycles. The van der Waals surface area contributed by atoms with Gasteiger partial charge < -0.3 is 5.11 Å². The maximum atomic E-state index is 9.31. The van der Waals surface area contributed by atoms with E-state index >= 15 is 0 Å². The minimum absolute atomic E-state index is 0.178. The molecule has 0 aromatic heterocycles. The van der Waals surface area contributed by atoms with Gasteiger partial charge >= 0.3 is 0 Å². The van der Waals surface area contributed by atoms with E-state index in [-0.39, 0.29) is 5.41 Å². The highest BCUT2D eigenvalue weighted by molar-refractivity contribution is 5.65. The molecule has 0 aliphatic rings. The predicted molar refractivity (Wildman–Crippen MR) is 77.0 cm³/mol. The van der Waals surface area contributed by atoms with Gasteiger partial charge in [-0.3, -0.25) is 0 Å². The van der Waals surface area contributed by atoms with Crippen LogP contribution in [0.25, 0.3) is 11.1 Å². The number of hydrogen-bond donors (Lipinski definition) is 1. The fourth-order valence-corrected chi connectivity index (χ4v) is 2.34.